The van der Waals surface area contributed by atoms with Crippen LogP contribution >= 0.6 is 12.4 Å². The van der Waals surface area contributed by atoms with Gasteiger partial charge in [0.05, 0.1) is 6.04 Å². The molecule has 0 radical (unpaired) electrons. The number of ether oxygens (including phenoxy) is 1. The highest BCUT2D eigenvalue weighted by atomic mass is 35.5. The van der Waals surface area contributed by atoms with Gasteiger partial charge in [0.2, 0.25) is 5.91 Å². The fourth-order valence-electron chi connectivity index (χ4n) is 2.69. The molecule has 0 aliphatic heterocycles. The van der Waals surface area contributed by atoms with Crippen LogP contribution in [0.4, 0.5) is 13.2 Å². The first-order valence-corrected chi connectivity index (χ1v) is 7.60. The summed E-state index contributed by atoms with van der Waals surface area (Å²) < 4.78 is 40.9. The Kier molecular flexibility index (Phi) is 7.35. The van der Waals surface area contributed by atoms with E-state index in [1.807, 2.05) is 6.92 Å². The van der Waals surface area contributed by atoms with E-state index in [9.17, 15) is 18.0 Å². The molecule has 136 valence electrons. The van der Waals surface area contributed by atoms with Crippen molar-refractivity contribution in [3.8, 4) is 5.75 Å². The monoisotopic (exact) mass is 366 g/mol. The van der Waals surface area contributed by atoms with Gasteiger partial charge >= 0.3 is 6.18 Å². The fraction of sp³-hybridized carbons (Fsp3) is 0.562. The summed E-state index contributed by atoms with van der Waals surface area (Å²) >= 11 is 0. The molecule has 8 heteroatoms. The lowest BCUT2D eigenvalue weighted by Crippen LogP contribution is -2.32. The largest absolute Gasteiger partial charge is 0.484 e. The number of hydrogen-bond donors (Lipinski definition) is 2. The lowest BCUT2D eigenvalue weighted by atomic mass is 10.0. The number of nitrogens with one attached hydrogen (secondary N) is 1. The number of alkyl halides is 3. The summed E-state index contributed by atoms with van der Waals surface area (Å²) in [5.41, 5.74) is 6.61. The van der Waals surface area contributed by atoms with Crippen molar-refractivity contribution in [3.63, 3.8) is 0 Å². The second-order valence-electron chi connectivity index (χ2n) is 5.97. The molecule has 3 N–H and O–H groups in total. The highest BCUT2D eigenvalue weighted by Crippen LogP contribution is 2.26. The Morgan fingerprint density at radius 1 is 1.33 bits per heavy atom. The molecule has 3 atom stereocenters. The minimum Gasteiger partial charge on any atom is -0.484 e. The van der Waals surface area contributed by atoms with Gasteiger partial charge in [-0.1, -0.05) is 12.1 Å². The Hall–Kier alpha value is -1.47. The van der Waals surface area contributed by atoms with Gasteiger partial charge in [0.15, 0.2) is 6.61 Å². The molecule has 0 aromatic heterocycles. The predicted molar refractivity (Wildman–Crippen MR) is 87.1 cm³/mol. The zero-order valence-corrected chi connectivity index (χ0v) is 14.1. The van der Waals surface area contributed by atoms with E-state index in [0.717, 1.165) is 18.4 Å². The number of hydrogen-bond acceptors (Lipinski definition) is 3. The van der Waals surface area contributed by atoms with Crippen LogP contribution in [-0.4, -0.2) is 24.7 Å². The van der Waals surface area contributed by atoms with Gasteiger partial charge < -0.3 is 15.8 Å². The number of halogens is 4. The van der Waals surface area contributed by atoms with Gasteiger partial charge in [0, 0.05) is 12.0 Å². The van der Waals surface area contributed by atoms with Crippen molar-refractivity contribution in [2.45, 2.75) is 44.4 Å². The van der Waals surface area contributed by atoms with Gasteiger partial charge in [-0.25, -0.2) is 0 Å². The van der Waals surface area contributed by atoms with E-state index in [2.05, 4.69) is 10.1 Å². The van der Waals surface area contributed by atoms with Crippen molar-refractivity contribution in [1.82, 2.24) is 5.32 Å². The van der Waals surface area contributed by atoms with Gasteiger partial charge in [-0.15, -0.1) is 12.4 Å². The third-order valence-electron chi connectivity index (χ3n) is 3.99. The van der Waals surface area contributed by atoms with Gasteiger partial charge in [0.1, 0.15) is 5.75 Å². The lowest BCUT2D eigenvalue weighted by molar-refractivity contribution is -0.153. The Morgan fingerprint density at radius 3 is 2.46 bits per heavy atom. The molecule has 1 aromatic carbocycles. The normalized spacial score (nSPS) is 21.7. The number of carbonyl (C=O) groups is 1. The number of rotatable bonds is 5. The van der Waals surface area contributed by atoms with Crippen molar-refractivity contribution < 1.29 is 22.7 Å². The zero-order valence-electron chi connectivity index (χ0n) is 13.3. The third kappa shape index (κ3) is 6.20. The van der Waals surface area contributed by atoms with Crippen LogP contribution in [0.5, 0.6) is 5.75 Å². The zero-order chi connectivity index (χ0) is 17.0. The fourth-order valence-corrected chi connectivity index (χ4v) is 2.69. The number of nitrogens with two attached hydrogens (primary N) is 1. The molecule has 1 aliphatic carbocycles. The quantitative estimate of drug-likeness (QED) is 0.840. The Morgan fingerprint density at radius 2 is 1.96 bits per heavy atom. The highest BCUT2D eigenvalue weighted by Gasteiger charge is 2.29. The van der Waals surface area contributed by atoms with E-state index in [-0.39, 0.29) is 42.1 Å². The van der Waals surface area contributed by atoms with Crippen LogP contribution < -0.4 is 15.8 Å². The van der Waals surface area contributed by atoms with Crippen LogP contribution in [0.15, 0.2) is 24.3 Å². The maximum absolute atomic E-state index is 12.1. The van der Waals surface area contributed by atoms with Crippen LogP contribution in [0.25, 0.3) is 0 Å². The SMILES string of the molecule is CC(NC(=O)C1CCC(N)C1)c1ccc(OCC(F)(F)F)cc1.Cl. The summed E-state index contributed by atoms with van der Waals surface area (Å²) in [6, 6.07) is 6.10. The average molecular weight is 367 g/mol. The van der Waals surface area contributed by atoms with E-state index in [4.69, 9.17) is 5.73 Å². The molecule has 2 rings (SSSR count). The third-order valence-corrected chi connectivity index (χ3v) is 3.99. The molecule has 24 heavy (non-hydrogen) atoms. The molecule has 4 nitrogen and oxygen atoms in total. The van der Waals surface area contributed by atoms with Crippen molar-refractivity contribution in [1.29, 1.82) is 0 Å². The standard InChI is InChI=1S/C16H21F3N2O2.ClH/c1-10(21-15(22)12-2-5-13(20)8-12)11-3-6-14(7-4-11)23-9-16(17,18)19;/h3-4,6-7,10,12-13H,2,5,8-9,20H2,1H3,(H,21,22);1H. The molecule has 1 aromatic rings. The Labute approximate surface area is 145 Å². The molecule has 1 aliphatic rings. The van der Waals surface area contributed by atoms with Crippen molar-refractivity contribution in [2.24, 2.45) is 11.7 Å². The summed E-state index contributed by atoms with van der Waals surface area (Å²) in [5, 5.41) is 2.92. The first kappa shape index (κ1) is 20.6. The number of carbonyl (C=O) groups excluding carboxylic acids is 1. The second kappa shape index (κ2) is 8.58. The summed E-state index contributed by atoms with van der Waals surface area (Å²) in [6.07, 6.45) is -2.01. The summed E-state index contributed by atoms with van der Waals surface area (Å²) in [4.78, 5) is 12.1. The highest BCUT2D eigenvalue weighted by molar-refractivity contribution is 5.85. The summed E-state index contributed by atoms with van der Waals surface area (Å²) in [6.45, 7) is 0.513. The van der Waals surface area contributed by atoms with E-state index in [1.54, 1.807) is 12.1 Å². The Bertz CT molecular complexity index is 537. The molecule has 0 bridgehead atoms. The maximum Gasteiger partial charge on any atom is 0.422 e. The van der Waals surface area contributed by atoms with Crippen LogP contribution in [0, 0.1) is 5.92 Å². The molecule has 1 amide bonds. The van der Waals surface area contributed by atoms with Gasteiger partial charge in [-0.3, -0.25) is 4.79 Å². The van der Waals surface area contributed by atoms with Crippen molar-refractivity contribution in [3.05, 3.63) is 29.8 Å². The molecule has 1 saturated carbocycles. The lowest BCUT2D eigenvalue weighted by Gasteiger charge is -2.18. The predicted octanol–water partition coefficient (Wildman–Crippen LogP) is 3.35. The van der Waals surface area contributed by atoms with Crippen LogP contribution in [0.1, 0.15) is 37.8 Å². The van der Waals surface area contributed by atoms with Crippen LogP contribution in [0.3, 0.4) is 0 Å². The molecule has 0 saturated heterocycles. The summed E-state index contributed by atoms with van der Waals surface area (Å²) in [5.74, 6) is 0.0658. The van der Waals surface area contributed by atoms with Crippen molar-refractivity contribution >= 4 is 18.3 Å². The number of amides is 1. The van der Waals surface area contributed by atoms with E-state index < -0.39 is 12.8 Å². The average Bonchev–Trinajstić information content (AvgIpc) is 2.91. The minimum atomic E-state index is -4.36. The first-order valence-electron chi connectivity index (χ1n) is 7.60. The smallest absolute Gasteiger partial charge is 0.422 e. The van der Waals surface area contributed by atoms with Crippen LogP contribution in [-0.2, 0) is 4.79 Å². The van der Waals surface area contributed by atoms with Gasteiger partial charge in [0.25, 0.3) is 0 Å². The first-order chi connectivity index (χ1) is 10.7. The van der Waals surface area contributed by atoms with E-state index in [0.29, 0.717) is 6.42 Å². The summed E-state index contributed by atoms with van der Waals surface area (Å²) in [7, 11) is 0. The molecule has 3 unspecified atom stereocenters. The van der Waals surface area contributed by atoms with Crippen LogP contribution in [0.2, 0.25) is 0 Å². The Balaban J connectivity index is 0.00000288. The van der Waals surface area contributed by atoms with E-state index >= 15 is 0 Å². The number of benzene rings is 1. The maximum atomic E-state index is 12.1. The van der Waals surface area contributed by atoms with Crippen molar-refractivity contribution in [2.75, 3.05) is 6.61 Å². The topological polar surface area (TPSA) is 64.4 Å². The second-order valence-corrected chi connectivity index (χ2v) is 5.97. The molecular weight excluding hydrogens is 345 g/mol. The molecule has 0 spiro atoms. The van der Waals surface area contributed by atoms with E-state index in [1.165, 1.54) is 12.1 Å². The van der Waals surface area contributed by atoms with Gasteiger partial charge in [-0.05, 0) is 43.9 Å². The molecule has 1 fully saturated rings. The van der Waals surface area contributed by atoms with Gasteiger partial charge in [-0.2, -0.15) is 13.2 Å². The minimum absolute atomic E-state index is 0. The molecule has 0 heterocycles. The molecular formula is C16H22ClF3N2O2.